The first-order chi connectivity index (χ1) is 11.6. The molecular weight excluding hydrogens is 328 g/mol. The Balaban J connectivity index is 1.95. The maximum atomic E-state index is 12.0. The summed E-state index contributed by atoms with van der Waals surface area (Å²) in [5.74, 6) is 1.38. The van der Waals surface area contributed by atoms with E-state index in [2.05, 4.69) is 10.6 Å². The molecule has 0 aliphatic carbocycles. The molecule has 0 heterocycles. The molecule has 2 aromatic rings. The summed E-state index contributed by atoms with van der Waals surface area (Å²) in [6.45, 7) is 5.33. The quantitative estimate of drug-likeness (QED) is 0.776. The van der Waals surface area contributed by atoms with Crippen molar-refractivity contribution in [3.8, 4) is 11.5 Å². The Morgan fingerprint density at radius 2 is 1.79 bits per heavy atom. The Labute approximate surface area is 146 Å². The molecule has 0 bridgehead atoms. The molecule has 2 amide bonds. The van der Waals surface area contributed by atoms with E-state index in [1.54, 1.807) is 24.3 Å². The zero-order chi connectivity index (χ0) is 17.4. The van der Waals surface area contributed by atoms with Crippen LogP contribution in [0, 0.1) is 0 Å². The van der Waals surface area contributed by atoms with Crippen LogP contribution in [0.5, 0.6) is 11.5 Å². The van der Waals surface area contributed by atoms with Crippen molar-refractivity contribution in [3.63, 3.8) is 0 Å². The van der Waals surface area contributed by atoms with E-state index in [0.717, 1.165) is 5.56 Å². The molecule has 0 saturated heterocycles. The number of carbonyl (C=O) groups excluding carboxylic acids is 1. The Kier molecular flexibility index (Phi) is 6.75. The molecule has 128 valence electrons. The maximum absolute atomic E-state index is 12.0. The third-order valence-corrected chi connectivity index (χ3v) is 3.38. The zero-order valence-corrected chi connectivity index (χ0v) is 14.5. The van der Waals surface area contributed by atoms with Gasteiger partial charge in [-0.2, -0.15) is 0 Å². The summed E-state index contributed by atoms with van der Waals surface area (Å²) in [6, 6.07) is 12.3. The molecule has 24 heavy (non-hydrogen) atoms. The van der Waals surface area contributed by atoms with Crippen LogP contribution in [0.3, 0.4) is 0 Å². The Morgan fingerprint density at radius 3 is 2.50 bits per heavy atom. The molecule has 5 nitrogen and oxygen atoms in total. The molecule has 0 unspecified atom stereocenters. The van der Waals surface area contributed by atoms with Crippen molar-refractivity contribution in [2.24, 2.45) is 0 Å². The van der Waals surface area contributed by atoms with Crippen molar-refractivity contribution in [3.05, 3.63) is 53.1 Å². The smallest absolute Gasteiger partial charge is 0.319 e. The van der Waals surface area contributed by atoms with Crippen molar-refractivity contribution < 1.29 is 14.3 Å². The highest BCUT2D eigenvalue weighted by molar-refractivity contribution is 6.30. The maximum Gasteiger partial charge on any atom is 0.319 e. The lowest BCUT2D eigenvalue weighted by atomic mass is 10.2. The van der Waals surface area contributed by atoms with Crippen molar-refractivity contribution in [2.75, 3.05) is 18.5 Å². The Morgan fingerprint density at radius 1 is 1.04 bits per heavy atom. The number of urea groups is 1. The molecule has 6 heteroatoms. The van der Waals surface area contributed by atoms with Crippen molar-refractivity contribution >= 4 is 23.3 Å². The van der Waals surface area contributed by atoms with Crippen LogP contribution in [0.2, 0.25) is 5.02 Å². The van der Waals surface area contributed by atoms with Crippen LogP contribution in [0.25, 0.3) is 0 Å². The highest BCUT2D eigenvalue weighted by atomic mass is 35.5. The highest BCUT2D eigenvalue weighted by Gasteiger charge is 2.07. The van der Waals surface area contributed by atoms with E-state index in [0.29, 0.717) is 42.0 Å². The first kappa shape index (κ1) is 17.9. The monoisotopic (exact) mass is 348 g/mol. The van der Waals surface area contributed by atoms with Crippen LogP contribution < -0.4 is 20.1 Å². The molecule has 2 aromatic carbocycles. The number of nitrogens with one attached hydrogen (secondary N) is 2. The average molecular weight is 349 g/mol. The highest BCUT2D eigenvalue weighted by Crippen LogP contribution is 2.28. The van der Waals surface area contributed by atoms with Gasteiger partial charge in [0.1, 0.15) is 0 Å². The molecule has 0 atom stereocenters. The van der Waals surface area contributed by atoms with Gasteiger partial charge in [-0.25, -0.2) is 4.79 Å². The van der Waals surface area contributed by atoms with Crippen LogP contribution in [0.1, 0.15) is 19.4 Å². The van der Waals surface area contributed by atoms with E-state index in [9.17, 15) is 4.79 Å². The van der Waals surface area contributed by atoms with Gasteiger partial charge < -0.3 is 20.1 Å². The Hall–Kier alpha value is -2.40. The molecule has 0 aliphatic rings. The van der Waals surface area contributed by atoms with E-state index in [-0.39, 0.29) is 6.03 Å². The molecule has 0 aromatic heterocycles. The molecule has 2 rings (SSSR count). The van der Waals surface area contributed by atoms with Gasteiger partial charge in [-0.3, -0.25) is 0 Å². The fraction of sp³-hybridized carbons (Fsp3) is 0.278. The first-order valence-electron chi connectivity index (χ1n) is 7.81. The fourth-order valence-electron chi connectivity index (χ4n) is 2.13. The fourth-order valence-corrected chi connectivity index (χ4v) is 2.32. The number of rotatable bonds is 7. The second-order valence-corrected chi connectivity index (χ2v) is 5.40. The number of halogens is 1. The lowest BCUT2D eigenvalue weighted by Crippen LogP contribution is -2.28. The number of ether oxygens (including phenoxy) is 2. The number of carbonyl (C=O) groups is 1. The van der Waals surface area contributed by atoms with Gasteiger partial charge in [0, 0.05) is 17.3 Å². The van der Waals surface area contributed by atoms with Gasteiger partial charge in [-0.1, -0.05) is 23.7 Å². The summed E-state index contributed by atoms with van der Waals surface area (Å²) in [6.07, 6.45) is 0. The topological polar surface area (TPSA) is 59.6 Å². The van der Waals surface area contributed by atoms with Gasteiger partial charge in [0.15, 0.2) is 11.5 Å². The molecule has 0 radical (unpaired) electrons. The van der Waals surface area contributed by atoms with Gasteiger partial charge in [0.05, 0.1) is 13.2 Å². The van der Waals surface area contributed by atoms with Crippen LogP contribution >= 0.6 is 11.6 Å². The minimum Gasteiger partial charge on any atom is -0.490 e. The number of benzene rings is 2. The van der Waals surface area contributed by atoms with E-state index in [1.807, 2.05) is 32.0 Å². The number of amides is 2. The number of hydrogen-bond donors (Lipinski definition) is 2. The molecule has 2 N–H and O–H groups in total. The van der Waals surface area contributed by atoms with Crippen molar-refractivity contribution in [1.29, 1.82) is 0 Å². The van der Waals surface area contributed by atoms with E-state index in [4.69, 9.17) is 21.1 Å². The lowest BCUT2D eigenvalue weighted by molar-refractivity contribution is 0.251. The third kappa shape index (κ3) is 5.35. The van der Waals surface area contributed by atoms with Gasteiger partial charge in [0.25, 0.3) is 0 Å². The van der Waals surface area contributed by atoms with Crippen molar-refractivity contribution in [1.82, 2.24) is 5.32 Å². The summed E-state index contributed by atoms with van der Waals surface area (Å²) in [7, 11) is 0. The van der Waals surface area contributed by atoms with Gasteiger partial charge in [-0.05, 0) is 49.7 Å². The minimum absolute atomic E-state index is 0.302. The van der Waals surface area contributed by atoms with Gasteiger partial charge in [0.2, 0.25) is 0 Å². The molecule has 0 fully saturated rings. The second-order valence-electron chi connectivity index (χ2n) is 4.97. The van der Waals surface area contributed by atoms with Gasteiger partial charge in [-0.15, -0.1) is 0 Å². The van der Waals surface area contributed by atoms with E-state index >= 15 is 0 Å². The summed E-state index contributed by atoms with van der Waals surface area (Å²) in [4.78, 5) is 12.0. The normalized spacial score (nSPS) is 10.1. The minimum atomic E-state index is -0.302. The van der Waals surface area contributed by atoms with E-state index in [1.165, 1.54) is 0 Å². The number of hydrogen-bond acceptors (Lipinski definition) is 3. The van der Waals surface area contributed by atoms with Gasteiger partial charge >= 0.3 is 6.03 Å². The lowest BCUT2D eigenvalue weighted by Gasteiger charge is -2.13. The van der Waals surface area contributed by atoms with Crippen LogP contribution in [-0.4, -0.2) is 19.2 Å². The summed E-state index contributed by atoms with van der Waals surface area (Å²) < 4.78 is 11.1. The molecule has 0 spiro atoms. The second kappa shape index (κ2) is 9.03. The predicted octanol–water partition coefficient (Wildman–Crippen LogP) is 4.46. The number of anilines is 1. The molecule has 0 aliphatic heterocycles. The summed E-state index contributed by atoms with van der Waals surface area (Å²) in [5, 5.41) is 6.10. The predicted molar refractivity (Wildman–Crippen MR) is 96.1 cm³/mol. The Bertz CT molecular complexity index is 692. The SMILES string of the molecule is CCOc1ccc(CNC(=O)Nc2cccc(Cl)c2)cc1OCC. The summed E-state index contributed by atoms with van der Waals surface area (Å²) >= 11 is 5.89. The van der Waals surface area contributed by atoms with E-state index < -0.39 is 0 Å². The molecular formula is C18H21ClN2O3. The first-order valence-corrected chi connectivity index (χ1v) is 8.19. The van der Waals surface area contributed by atoms with Crippen LogP contribution in [-0.2, 0) is 6.54 Å². The standard InChI is InChI=1S/C18H21ClN2O3/c1-3-23-16-9-8-13(10-17(16)24-4-2)12-20-18(22)21-15-7-5-6-14(19)11-15/h5-11H,3-4,12H2,1-2H3,(H2,20,21,22). The summed E-state index contributed by atoms with van der Waals surface area (Å²) in [5.41, 5.74) is 1.56. The van der Waals surface area contributed by atoms with Crippen molar-refractivity contribution in [2.45, 2.75) is 20.4 Å². The third-order valence-electron chi connectivity index (χ3n) is 3.14. The zero-order valence-electron chi connectivity index (χ0n) is 13.8. The molecule has 0 saturated carbocycles. The average Bonchev–Trinajstić information content (AvgIpc) is 2.55. The largest absolute Gasteiger partial charge is 0.490 e. The van der Waals surface area contributed by atoms with Crippen LogP contribution in [0.15, 0.2) is 42.5 Å². The van der Waals surface area contributed by atoms with Crippen LogP contribution in [0.4, 0.5) is 10.5 Å².